The second-order valence-electron chi connectivity index (χ2n) is 9.50. The van der Waals surface area contributed by atoms with E-state index < -0.39 is 41.8 Å². The van der Waals surface area contributed by atoms with Gasteiger partial charge in [-0.1, -0.05) is 19.8 Å². The van der Waals surface area contributed by atoms with Crippen LogP contribution in [-0.4, -0.2) is 66.1 Å². The molecule has 3 saturated heterocycles. The molecule has 5 atom stereocenters. The number of carbonyl (C=O) groups excluding carboxylic acids is 1. The zero-order valence-electron chi connectivity index (χ0n) is 17.8. The van der Waals surface area contributed by atoms with Crippen LogP contribution in [0, 0.1) is 0 Å². The Kier molecular flexibility index (Phi) is 5.61. The third kappa shape index (κ3) is 3.59. The van der Waals surface area contributed by atoms with E-state index in [1.165, 1.54) is 6.42 Å². The summed E-state index contributed by atoms with van der Waals surface area (Å²) in [5.74, 6) is -1.67. The molecule has 8 heteroatoms. The minimum absolute atomic E-state index is 0.211. The summed E-state index contributed by atoms with van der Waals surface area (Å²) in [6.45, 7) is 1.85. The maximum absolute atomic E-state index is 11.9. The highest BCUT2D eigenvalue weighted by molar-refractivity contribution is 5.68. The van der Waals surface area contributed by atoms with Crippen LogP contribution < -0.4 is 0 Å². The summed E-state index contributed by atoms with van der Waals surface area (Å²) in [6, 6.07) is 0. The third-order valence-electron chi connectivity index (χ3n) is 7.38. The SMILES string of the molecule is CCC(=O)OC[C@]1(O)[C@@H]([C@@H]2COC3(CCCCC3)O2)O[C@@H]2OC3(CCCCC3)O[C@@H]21. The van der Waals surface area contributed by atoms with Crippen LogP contribution >= 0.6 is 0 Å². The molecule has 0 radical (unpaired) electrons. The van der Waals surface area contributed by atoms with Gasteiger partial charge in [0.2, 0.25) is 0 Å². The summed E-state index contributed by atoms with van der Waals surface area (Å²) in [5.41, 5.74) is -1.55. The van der Waals surface area contributed by atoms with Gasteiger partial charge in [-0.2, -0.15) is 0 Å². The minimum Gasteiger partial charge on any atom is -0.462 e. The molecule has 1 N–H and O–H groups in total. The molecule has 2 spiro atoms. The molecule has 170 valence electrons. The predicted octanol–water partition coefficient (Wildman–Crippen LogP) is 2.55. The summed E-state index contributed by atoms with van der Waals surface area (Å²) in [7, 11) is 0. The van der Waals surface area contributed by atoms with Gasteiger partial charge in [-0.25, -0.2) is 0 Å². The lowest BCUT2D eigenvalue weighted by Gasteiger charge is -2.38. The first-order chi connectivity index (χ1) is 14.5. The van der Waals surface area contributed by atoms with Gasteiger partial charge in [0, 0.05) is 32.1 Å². The predicted molar refractivity (Wildman–Crippen MR) is 103 cm³/mol. The summed E-state index contributed by atoms with van der Waals surface area (Å²) in [5, 5.41) is 11.8. The molecule has 5 rings (SSSR count). The molecule has 0 aromatic heterocycles. The van der Waals surface area contributed by atoms with Crippen LogP contribution in [0.2, 0.25) is 0 Å². The van der Waals surface area contributed by atoms with Crippen LogP contribution in [-0.2, 0) is 33.2 Å². The van der Waals surface area contributed by atoms with Crippen molar-refractivity contribution in [2.45, 2.75) is 119 Å². The minimum atomic E-state index is -1.55. The monoisotopic (exact) mass is 426 g/mol. The second kappa shape index (κ2) is 7.98. The molecule has 3 aliphatic heterocycles. The van der Waals surface area contributed by atoms with Gasteiger partial charge in [-0.05, 0) is 25.7 Å². The fraction of sp³-hybridized carbons (Fsp3) is 0.955. The Morgan fingerprint density at radius 2 is 1.60 bits per heavy atom. The Morgan fingerprint density at radius 1 is 0.933 bits per heavy atom. The molecule has 8 nitrogen and oxygen atoms in total. The number of rotatable bonds is 4. The quantitative estimate of drug-likeness (QED) is 0.686. The fourth-order valence-corrected chi connectivity index (χ4v) is 5.73. The molecular weight excluding hydrogens is 392 g/mol. The van der Waals surface area contributed by atoms with Gasteiger partial charge in [0.1, 0.15) is 24.9 Å². The van der Waals surface area contributed by atoms with E-state index in [9.17, 15) is 9.90 Å². The highest BCUT2D eigenvalue weighted by Gasteiger charge is 2.68. The van der Waals surface area contributed by atoms with Crippen LogP contribution in [0.15, 0.2) is 0 Å². The lowest BCUT2D eigenvalue weighted by Crippen LogP contribution is -2.57. The number of hydrogen-bond acceptors (Lipinski definition) is 8. The molecular formula is C22H34O8. The van der Waals surface area contributed by atoms with E-state index in [1.807, 2.05) is 0 Å². The first-order valence-corrected chi connectivity index (χ1v) is 11.7. The van der Waals surface area contributed by atoms with E-state index in [0.29, 0.717) is 6.61 Å². The number of fused-ring (bicyclic) bond motifs is 1. The zero-order chi connectivity index (χ0) is 20.8. The number of carbonyl (C=O) groups is 1. The van der Waals surface area contributed by atoms with Crippen LogP contribution in [0.3, 0.4) is 0 Å². The highest BCUT2D eigenvalue weighted by atomic mass is 16.8. The molecule has 5 fully saturated rings. The van der Waals surface area contributed by atoms with Crippen molar-refractivity contribution in [3.05, 3.63) is 0 Å². The standard InChI is InChI=1S/C22H34O8/c1-2-16(23)25-14-22(24)17(15-13-26-20(28-15)9-5-3-6-10-20)27-19-18(22)29-21(30-19)11-7-4-8-12-21/h15,17-19,24H,2-14H2,1H3/t15-,17+,18-,19+,22-/m0/s1. The molecule has 2 aliphatic carbocycles. The molecule has 0 bridgehead atoms. The normalized spacial score (nSPS) is 41.9. The van der Waals surface area contributed by atoms with Crippen molar-refractivity contribution in [1.82, 2.24) is 0 Å². The Balaban J connectivity index is 1.35. The maximum atomic E-state index is 11.9. The topological polar surface area (TPSA) is 92.7 Å². The van der Waals surface area contributed by atoms with Crippen molar-refractivity contribution in [2.75, 3.05) is 13.2 Å². The van der Waals surface area contributed by atoms with E-state index in [0.717, 1.165) is 57.8 Å². The molecule has 0 aromatic rings. The third-order valence-corrected chi connectivity index (χ3v) is 7.38. The molecule has 5 aliphatic rings. The van der Waals surface area contributed by atoms with Gasteiger partial charge < -0.3 is 33.5 Å². The van der Waals surface area contributed by atoms with Gasteiger partial charge in [0.15, 0.2) is 23.5 Å². The van der Waals surface area contributed by atoms with Crippen molar-refractivity contribution in [2.24, 2.45) is 0 Å². The summed E-state index contributed by atoms with van der Waals surface area (Å²) in [4.78, 5) is 11.9. The van der Waals surface area contributed by atoms with Gasteiger partial charge >= 0.3 is 5.97 Å². The van der Waals surface area contributed by atoms with Gasteiger partial charge in [0.05, 0.1) is 6.61 Å². The van der Waals surface area contributed by atoms with Crippen LogP contribution in [0.4, 0.5) is 0 Å². The molecule has 3 heterocycles. The summed E-state index contributed by atoms with van der Waals surface area (Å²) in [6.07, 6.45) is 7.37. The number of hydrogen-bond donors (Lipinski definition) is 1. The van der Waals surface area contributed by atoms with Crippen molar-refractivity contribution in [1.29, 1.82) is 0 Å². The van der Waals surface area contributed by atoms with Crippen molar-refractivity contribution in [3.63, 3.8) is 0 Å². The first kappa shape index (κ1) is 21.1. The van der Waals surface area contributed by atoms with Crippen LogP contribution in [0.25, 0.3) is 0 Å². The second-order valence-corrected chi connectivity index (χ2v) is 9.50. The first-order valence-electron chi connectivity index (χ1n) is 11.7. The Morgan fingerprint density at radius 3 is 2.27 bits per heavy atom. The number of esters is 1. The largest absolute Gasteiger partial charge is 0.462 e. The Labute approximate surface area is 177 Å². The molecule has 0 unspecified atom stereocenters. The van der Waals surface area contributed by atoms with E-state index in [2.05, 4.69) is 0 Å². The van der Waals surface area contributed by atoms with E-state index in [1.54, 1.807) is 6.92 Å². The Bertz CT molecular complexity index is 641. The molecule has 30 heavy (non-hydrogen) atoms. The maximum Gasteiger partial charge on any atom is 0.305 e. The smallest absolute Gasteiger partial charge is 0.305 e. The van der Waals surface area contributed by atoms with E-state index in [-0.39, 0.29) is 19.0 Å². The Hall–Kier alpha value is -0.770. The lowest BCUT2D eigenvalue weighted by atomic mass is 9.89. The fourth-order valence-electron chi connectivity index (χ4n) is 5.73. The van der Waals surface area contributed by atoms with Crippen LogP contribution in [0.5, 0.6) is 0 Å². The molecule has 0 aromatic carbocycles. The summed E-state index contributed by atoms with van der Waals surface area (Å²) >= 11 is 0. The zero-order valence-corrected chi connectivity index (χ0v) is 17.8. The molecule has 2 saturated carbocycles. The van der Waals surface area contributed by atoms with E-state index in [4.69, 9.17) is 28.4 Å². The van der Waals surface area contributed by atoms with Gasteiger partial charge in [-0.3, -0.25) is 4.79 Å². The average Bonchev–Trinajstić information content (AvgIpc) is 3.39. The summed E-state index contributed by atoms with van der Waals surface area (Å²) < 4.78 is 36.6. The average molecular weight is 427 g/mol. The van der Waals surface area contributed by atoms with Crippen LogP contribution in [0.1, 0.15) is 77.6 Å². The van der Waals surface area contributed by atoms with Gasteiger partial charge in [0.25, 0.3) is 0 Å². The van der Waals surface area contributed by atoms with E-state index >= 15 is 0 Å². The number of aliphatic hydroxyl groups is 1. The van der Waals surface area contributed by atoms with Crippen molar-refractivity contribution >= 4 is 5.97 Å². The lowest BCUT2D eigenvalue weighted by molar-refractivity contribution is -0.276. The number of ether oxygens (including phenoxy) is 6. The van der Waals surface area contributed by atoms with Gasteiger partial charge in [-0.15, -0.1) is 0 Å². The van der Waals surface area contributed by atoms with Crippen molar-refractivity contribution in [3.8, 4) is 0 Å². The highest BCUT2D eigenvalue weighted by Crippen LogP contribution is 2.51. The molecule has 0 amide bonds. The van der Waals surface area contributed by atoms with Crippen molar-refractivity contribution < 1.29 is 38.3 Å².